The molecule has 1 N–H and O–H groups in total. The maximum absolute atomic E-state index is 12.5. The highest BCUT2D eigenvalue weighted by Crippen LogP contribution is 2.27. The van der Waals surface area contributed by atoms with Crippen molar-refractivity contribution >= 4 is 27.3 Å². The van der Waals surface area contributed by atoms with E-state index in [1.807, 2.05) is 13.0 Å². The molecule has 0 aliphatic heterocycles. The molecule has 1 amide bonds. The number of hydrogen-bond acceptors (Lipinski definition) is 6. The van der Waals surface area contributed by atoms with Crippen LogP contribution < -0.4 is 14.4 Å². The van der Waals surface area contributed by atoms with Gasteiger partial charge in [-0.15, -0.1) is 0 Å². The Hall–Kier alpha value is -3.14. The molecular weight excluding hydrogens is 398 g/mol. The van der Waals surface area contributed by atoms with Crippen LogP contribution >= 0.6 is 0 Å². The summed E-state index contributed by atoms with van der Waals surface area (Å²) < 4.78 is 30.9. The standard InChI is InChI=1S/C19H23N3O6S/c1-4-28-18-8-6-5-7-15(18)12-20-19(23)13-21(29(3,26)27)17-11-16(22(24)25)10-9-14(17)2/h5-11H,4,12-13H2,1-3H3,(H,20,23). The summed E-state index contributed by atoms with van der Waals surface area (Å²) in [4.78, 5) is 22.9. The zero-order valence-corrected chi connectivity index (χ0v) is 17.2. The van der Waals surface area contributed by atoms with Crippen LogP contribution in [0.1, 0.15) is 18.1 Å². The molecule has 0 aromatic heterocycles. The molecule has 2 aromatic carbocycles. The Morgan fingerprint density at radius 1 is 1.24 bits per heavy atom. The largest absolute Gasteiger partial charge is 0.494 e. The fourth-order valence-electron chi connectivity index (χ4n) is 2.69. The molecule has 0 radical (unpaired) electrons. The lowest BCUT2D eigenvalue weighted by atomic mass is 10.2. The highest BCUT2D eigenvalue weighted by Gasteiger charge is 2.24. The minimum Gasteiger partial charge on any atom is -0.494 e. The van der Waals surface area contributed by atoms with Gasteiger partial charge in [0.1, 0.15) is 12.3 Å². The van der Waals surface area contributed by atoms with Crippen LogP contribution in [0.2, 0.25) is 0 Å². The minimum absolute atomic E-state index is 0.0894. The number of para-hydroxylation sites is 1. The van der Waals surface area contributed by atoms with Crippen LogP contribution in [-0.4, -0.2) is 38.7 Å². The number of hydrogen-bond donors (Lipinski definition) is 1. The van der Waals surface area contributed by atoms with E-state index < -0.39 is 27.4 Å². The minimum atomic E-state index is -3.85. The smallest absolute Gasteiger partial charge is 0.271 e. The zero-order valence-electron chi connectivity index (χ0n) is 16.4. The number of non-ortho nitro benzene ring substituents is 1. The van der Waals surface area contributed by atoms with Crippen molar-refractivity contribution in [3.05, 3.63) is 63.7 Å². The summed E-state index contributed by atoms with van der Waals surface area (Å²) in [5.41, 5.74) is 1.08. The maximum Gasteiger partial charge on any atom is 0.271 e. The third kappa shape index (κ3) is 5.92. The summed E-state index contributed by atoms with van der Waals surface area (Å²) in [5.74, 6) is 0.0810. The summed E-state index contributed by atoms with van der Waals surface area (Å²) in [6.07, 6.45) is 0.947. The van der Waals surface area contributed by atoms with Crippen molar-refractivity contribution in [2.75, 3.05) is 23.7 Å². The van der Waals surface area contributed by atoms with Crippen LogP contribution in [0, 0.1) is 17.0 Å². The van der Waals surface area contributed by atoms with Gasteiger partial charge in [-0.05, 0) is 25.5 Å². The van der Waals surface area contributed by atoms with Gasteiger partial charge in [0.05, 0.1) is 23.5 Å². The zero-order chi connectivity index (χ0) is 21.6. The molecule has 156 valence electrons. The van der Waals surface area contributed by atoms with Gasteiger partial charge in [-0.3, -0.25) is 19.2 Å². The number of nitro groups is 1. The molecular formula is C19H23N3O6S. The Bertz CT molecular complexity index is 1010. The van der Waals surface area contributed by atoms with Crippen LogP contribution in [0.3, 0.4) is 0 Å². The van der Waals surface area contributed by atoms with E-state index in [4.69, 9.17) is 4.74 Å². The summed E-state index contributed by atoms with van der Waals surface area (Å²) >= 11 is 0. The second-order valence-electron chi connectivity index (χ2n) is 6.31. The van der Waals surface area contributed by atoms with Crippen LogP contribution in [-0.2, 0) is 21.4 Å². The number of carbonyl (C=O) groups is 1. The predicted molar refractivity (Wildman–Crippen MR) is 109 cm³/mol. The number of aryl methyl sites for hydroxylation is 1. The Labute approximate surface area is 169 Å². The Morgan fingerprint density at radius 2 is 1.93 bits per heavy atom. The third-order valence-electron chi connectivity index (χ3n) is 4.11. The van der Waals surface area contributed by atoms with Gasteiger partial charge in [0.15, 0.2) is 0 Å². The van der Waals surface area contributed by atoms with E-state index in [1.165, 1.54) is 12.1 Å². The molecule has 0 saturated carbocycles. The monoisotopic (exact) mass is 421 g/mol. The lowest BCUT2D eigenvalue weighted by Gasteiger charge is -2.23. The number of sulfonamides is 1. The molecule has 0 aliphatic rings. The fourth-order valence-corrected chi connectivity index (χ4v) is 3.59. The maximum atomic E-state index is 12.5. The Morgan fingerprint density at radius 3 is 2.55 bits per heavy atom. The van der Waals surface area contributed by atoms with E-state index in [9.17, 15) is 23.3 Å². The van der Waals surface area contributed by atoms with Crippen LogP contribution in [0.4, 0.5) is 11.4 Å². The predicted octanol–water partition coefficient (Wildman–Crippen LogP) is 2.38. The lowest BCUT2D eigenvalue weighted by molar-refractivity contribution is -0.384. The van der Waals surface area contributed by atoms with E-state index >= 15 is 0 Å². The summed E-state index contributed by atoms with van der Waals surface area (Å²) in [6, 6.07) is 11.1. The molecule has 0 saturated heterocycles. The fraction of sp³-hybridized carbons (Fsp3) is 0.316. The molecule has 10 heteroatoms. The molecule has 0 heterocycles. The first-order valence-electron chi connectivity index (χ1n) is 8.83. The Kier molecular flexibility index (Phi) is 7.16. The normalized spacial score (nSPS) is 11.0. The van der Waals surface area contributed by atoms with Crippen LogP contribution in [0.25, 0.3) is 0 Å². The van der Waals surface area contributed by atoms with Crippen molar-refractivity contribution < 1.29 is 22.9 Å². The number of rotatable bonds is 9. The number of nitrogens with one attached hydrogen (secondary N) is 1. The number of ether oxygens (including phenoxy) is 1. The second-order valence-corrected chi connectivity index (χ2v) is 8.22. The van der Waals surface area contributed by atoms with Gasteiger partial charge in [-0.2, -0.15) is 0 Å². The van der Waals surface area contributed by atoms with Gasteiger partial charge in [0.25, 0.3) is 5.69 Å². The second kappa shape index (κ2) is 9.37. The van der Waals surface area contributed by atoms with Gasteiger partial charge in [0, 0.05) is 24.2 Å². The van der Waals surface area contributed by atoms with E-state index in [-0.39, 0.29) is 17.9 Å². The highest BCUT2D eigenvalue weighted by atomic mass is 32.2. The molecule has 0 spiro atoms. The summed E-state index contributed by atoms with van der Waals surface area (Å²) in [7, 11) is -3.85. The first-order valence-corrected chi connectivity index (χ1v) is 10.7. The molecule has 0 atom stereocenters. The molecule has 29 heavy (non-hydrogen) atoms. The van der Waals surface area contributed by atoms with Crippen molar-refractivity contribution in [2.24, 2.45) is 0 Å². The number of nitrogens with zero attached hydrogens (tertiary/aromatic N) is 2. The van der Waals surface area contributed by atoms with Crippen molar-refractivity contribution in [1.82, 2.24) is 5.32 Å². The van der Waals surface area contributed by atoms with Gasteiger partial charge in [-0.1, -0.05) is 24.3 Å². The lowest BCUT2D eigenvalue weighted by Crippen LogP contribution is -2.40. The SMILES string of the molecule is CCOc1ccccc1CNC(=O)CN(c1cc([N+](=O)[O-])ccc1C)S(C)(=O)=O. The molecule has 2 rings (SSSR count). The van der Waals surface area contributed by atoms with Crippen molar-refractivity contribution in [3.63, 3.8) is 0 Å². The van der Waals surface area contributed by atoms with Crippen LogP contribution in [0.15, 0.2) is 42.5 Å². The van der Waals surface area contributed by atoms with E-state index in [2.05, 4.69) is 5.32 Å². The number of nitro benzene ring substituents is 1. The van der Waals surface area contributed by atoms with Gasteiger partial charge in [-0.25, -0.2) is 8.42 Å². The number of anilines is 1. The summed E-state index contributed by atoms with van der Waals surface area (Å²) in [6.45, 7) is 3.59. The third-order valence-corrected chi connectivity index (χ3v) is 5.23. The van der Waals surface area contributed by atoms with Crippen molar-refractivity contribution in [3.8, 4) is 5.75 Å². The molecule has 0 aliphatic carbocycles. The van der Waals surface area contributed by atoms with E-state index in [0.29, 0.717) is 17.9 Å². The highest BCUT2D eigenvalue weighted by molar-refractivity contribution is 7.92. The van der Waals surface area contributed by atoms with E-state index in [1.54, 1.807) is 25.1 Å². The van der Waals surface area contributed by atoms with Crippen molar-refractivity contribution in [2.45, 2.75) is 20.4 Å². The first-order chi connectivity index (χ1) is 13.6. The van der Waals surface area contributed by atoms with Gasteiger partial charge >= 0.3 is 0 Å². The van der Waals surface area contributed by atoms with E-state index in [0.717, 1.165) is 22.2 Å². The van der Waals surface area contributed by atoms with Gasteiger partial charge in [0.2, 0.25) is 15.9 Å². The van der Waals surface area contributed by atoms with Crippen LogP contribution in [0.5, 0.6) is 5.75 Å². The molecule has 0 fully saturated rings. The topological polar surface area (TPSA) is 119 Å². The number of amides is 1. The Balaban J connectivity index is 2.21. The molecule has 9 nitrogen and oxygen atoms in total. The summed E-state index contributed by atoms with van der Waals surface area (Å²) in [5, 5.41) is 13.7. The molecule has 2 aromatic rings. The number of carbonyl (C=O) groups excluding carboxylic acids is 1. The first kappa shape index (κ1) is 22.2. The average Bonchev–Trinajstić information content (AvgIpc) is 2.65. The molecule has 0 unspecified atom stereocenters. The average molecular weight is 421 g/mol. The van der Waals surface area contributed by atoms with Gasteiger partial charge < -0.3 is 10.1 Å². The van der Waals surface area contributed by atoms with Crippen molar-refractivity contribution in [1.29, 1.82) is 0 Å². The molecule has 0 bridgehead atoms. The number of benzene rings is 2. The quantitative estimate of drug-likeness (QED) is 0.490.